The third-order valence-electron chi connectivity index (χ3n) is 4.90. The molecule has 0 aromatic heterocycles. The van der Waals surface area contributed by atoms with Gasteiger partial charge >= 0.3 is 5.97 Å². The van der Waals surface area contributed by atoms with Gasteiger partial charge in [-0.3, -0.25) is 4.79 Å². The molecule has 27 heavy (non-hydrogen) atoms. The number of ether oxygens (including phenoxy) is 1. The van der Waals surface area contributed by atoms with Gasteiger partial charge in [0.1, 0.15) is 6.04 Å². The van der Waals surface area contributed by atoms with Gasteiger partial charge in [-0.15, -0.1) is 0 Å². The van der Waals surface area contributed by atoms with Crippen molar-refractivity contribution in [3.05, 3.63) is 29.8 Å². The molecule has 1 amide bonds. The Kier molecular flexibility index (Phi) is 5.55. The molecule has 0 bridgehead atoms. The Morgan fingerprint density at radius 3 is 2.48 bits per heavy atom. The standard InChI is InChI=1S/C18H24N2O6S/c1-12-10-19(11-13(2)26-12)27(24,25)15-6-3-5-14(9-15)17(21)20-8-4-7-16(20)18(22)23/h3,5-6,9,12-13,16H,4,7-8,10-11H2,1-2H3,(H,22,23)/t12?,13?,16-/m0/s1. The highest BCUT2D eigenvalue weighted by atomic mass is 32.2. The number of hydrogen-bond acceptors (Lipinski definition) is 5. The zero-order chi connectivity index (χ0) is 19.8. The summed E-state index contributed by atoms with van der Waals surface area (Å²) in [5.41, 5.74) is 0.179. The number of nitrogens with zero attached hydrogens (tertiary/aromatic N) is 2. The Balaban J connectivity index is 1.87. The van der Waals surface area contributed by atoms with E-state index in [4.69, 9.17) is 4.74 Å². The molecule has 0 spiro atoms. The number of rotatable bonds is 4. The summed E-state index contributed by atoms with van der Waals surface area (Å²) in [4.78, 5) is 25.4. The molecule has 1 N–H and O–H groups in total. The summed E-state index contributed by atoms with van der Waals surface area (Å²) < 4.78 is 33.0. The van der Waals surface area contributed by atoms with E-state index in [1.54, 1.807) is 0 Å². The number of aliphatic carboxylic acids is 1. The SMILES string of the molecule is CC1CN(S(=O)(=O)c2cccc(C(=O)N3CCC[C@H]3C(=O)O)c2)CC(C)O1. The van der Waals surface area contributed by atoms with Crippen LogP contribution in [0.4, 0.5) is 0 Å². The van der Waals surface area contributed by atoms with Crippen LogP contribution in [-0.2, 0) is 19.6 Å². The highest BCUT2D eigenvalue weighted by molar-refractivity contribution is 7.89. The average Bonchev–Trinajstić information content (AvgIpc) is 3.10. The van der Waals surface area contributed by atoms with Gasteiger partial charge in [-0.25, -0.2) is 13.2 Å². The molecule has 2 unspecified atom stereocenters. The first kappa shape index (κ1) is 19.8. The first-order chi connectivity index (χ1) is 12.7. The summed E-state index contributed by atoms with van der Waals surface area (Å²) in [6, 6.07) is 4.95. The minimum absolute atomic E-state index is 0.0284. The molecule has 0 saturated carbocycles. The van der Waals surface area contributed by atoms with Crippen LogP contribution in [0.5, 0.6) is 0 Å². The summed E-state index contributed by atoms with van der Waals surface area (Å²) in [7, 11) is -3.77. The average molecular weight is 396 g/mol. The van der Waals surface area contributed by atoms with Gasteiger partial charge in [0.15, 0.2) is 0 Å². The van der Waals surface area contributed by atoms with Gasteiger partial charge in [0.25, 0.3) is 5.91 Å². The first-order valence-corrected chi connectivity index (χ1v) is 10.4. The zero-order valence-electron chi connectivity index (χ0n) is 15.4. The van der Waals surface area contributed by atoms with Crippen molar-refractivity contribution >= 4 is 21.9 Å². The van der Waals surface area contributed by atoms with E-state index in [-0.39, 0.29) is 35.8 Å². The van der Waals surface area contributed by atoms with E-state index in [9.17, 15) is 23.1 Å². The molecule has 0 radical (unpaired) electrons. The van der Waals surface area contributed by atoms with Crippen LogP contribution in [0, 0.1) is 0 Å². The molecule has 3 rings (SSSR count). The fourth-order valence-corrected chi connectivity index (χ4v) is 5.33. The van der Waals surface area contributed by atoms with Crippen molar-refractivity contribution in [2.24, 2.45) is 0 Å². The number of sulfonamides is 1. The zero-order valence-corrected chi connectivity index (χ0v) is 16.2. The summed E-state index contributed by atoms with van der Waals surface area (Å²) in [6.07, 6.45) is 0.593. The van der Waals surface area contributed by atoms with Crippen molar-refractivity contribution in [1.82, 2.24) is 9.21 Å². The van der Waals surface area contributed by atoms with Crippen LogP contribution in [0.25, 0.3) is 0 Å². The molecule has 2 fully saturated rings. The quantitative estimate of drug-likeness (QED) is 0.819. The topological polar surface area (TPSA) is 104 Å². The van der Waals surface area contributed by atoms with Gasteiger partial charge in [0.05, 0.1) is 17.1 Å². The summed E-state index contributed by atoms with van der Waals surface area (Å²) >= 11 is 0. The predicted octanol–water partition coefficient (Wildman–Crippen LogP) is 1.17. The summed E-state index contributed by atoms with van der Waals surface area (Å²) in [5.74, 6) is -1.50. The lowest BCUT2D eigenvalue weighted by molar-refractivity contribution is -0.141. The molecule has 1 aromatic carbocycles. The smallest absolute Gasteiger partial charge is 0.326 e. The molecule has 2 aliphatic heterocycles. The highest BCUT2D eigenvalue weighted by Gasteiger charge is 2.36. The maximum atomic E-state index is 13.0. The lowest BCUT2D eigenvalue weighted by Crippen LogP contribution is -2.48. The molecular formula is C18H24N2O6S. The Hall–Kier alpha value is -1.97. The van der Waals surface area contributed by atoms with E-state index in [1.165, 1.54) is 33.5 Å². The van der Waals surface area contributed by atoms with E-state index in [1.807, 2.05) is 13.8 Å². The minimum Gasteiger partial charge on any atom is -0.480 e. The van der Waals surface area contributed by atoms with Gasteiger partial charge in [0.2, 0.25) is 10.0 Å². The molecule has 1 aromatic rings. The Morgan fingerprint density at radius 2 is 1.85 bits per heavy atom. The van der Waals surface area contributed by atoms with Crippen molar-refractivity contribution in [2.75, 3.05) is 19.6 Å². The van der Waals surface area contributed by atoms with Gasteiger partial charge < -0.3 is 14.7 Å². The number of likely N-dealkylation sites (tertiary alicyclic amines) is 1. The number of carboxylic acid groups (broad SMARTS) is 1. The maximum absolute atomic E-state index is 13.0. The first-order valence-electron chi connectivity index (χ1n) is 8.99. The number of carboxylic acids is 1. The van der Waals surface area contributed by atoms with E-state index in [0.29, 0.717) is 19.4 Å². The molecular weight excluding hydrogens is 372 g/mol. The second-order valence-corrected chi connectivity index (χ2v) is 9.04. The Morgan fingerprint density at radius 1 is 1.19 bits per heavy atom. The van der Waals surface area contributed by atoms with Gasteiger partial charge in [-0.2, -0.15) is 4.31 Å². The predicted molar refractivity (Wildman–Crippen MR) is 96.9 cm³/mol. The summed E-state index contributed by atoms with van der Waals surface area (Å²) in [6.45, 7) is 4.48. The van der Waals surface area contributed by atoms with Crippen LogP contribution in [-0.4, -0.2) is 72.5 Å². The molecule has 2 aliphatic rings. The molecule has 8 nitrogen and oxygen atoms in total. The number of hydrogen-bond donors (Lipinski definition) is 1. The number of amides is 1. The Bertz CT molecular complexity index is 830. The lowest BCUT2D eigenvalue weighted by atomic mass is 10.1. The van der Waals surface area contributed by atoms with Crippen molar-refractivity contribution < 1.29 is 27.9 Å². The van der Waals surface area contributed by atoms with Crippen LogP contribution >= 0.6 is 0 Å². The van der Waals surface area contributed by atoms with E-state index < -0.39 is 27.9 Å². The van der Waals surface area contributed by atoms with Crippen LogP contribution < -0.4 is 0 Å². The maximum Gasteiger partial charge on any atom is 0.326 e. The van der Waals surface area contributed by atoms with Crippen molar-refractivity contribution in [2.45, 2.75) is 49.8 Å². The van der Waals surface area contributed by atoms with Crippen molar-refractivity contribution in [1.29, 1.82) is 0 Å². The molecule has 2 saturated heterocycles. The number of carbonyl (C=O) groups is 2. The van der Waals surface area contributed by atoms with E-state index >= 15 is 0 Å². The fraction of sp³-hybridized carbons (Fsp3) is 0.556. The van der Waals surface area contributed by atoms with Crippen molar-refractivity contribution in [3.63, 3.8) is 0 Å². The summed E-state index contributed by atoms with van der Waals surface area (Å²) in [5, 5.41) is 9.27. The molecule has 0 aliphatic carbocycles. The number of morpholine rings is 1. The van der Waals surface area contributed by atoms with E-state index in [0.717, 1.165) is 0 Å². The largest absolute Gasteiger partial charge is 0.480 e. The third kappa shape index (κ3) is 3.99. The Labute approximate surface area is 158 Å². The van der Waals surface area contributed by atoms with Crippen molar-refractivity contribution in [3.8, 4) is 0 Å². The number of carbonyl (C=O) groups excluding carboxylic acids is 1. The van der Waals surface area contributed by atoms with Crippen LogP contribution in [0.3, 0.4) is 0 Å². The van der Waals surface area contributed by atoms with Crippen LogP contribution in [0.15, 0.2) is 29.2 Å². The second kappa shape index (κ2) is 7.57. The minimum atomic E-state index is -3.77. The highest BCUT2D eigenvalue weighted by Crippen LogP contribution is 2.24. The molecule has 3 atom stereocenters. The monoisotopic (exact) mass is 396 g/mol. The molecule has 2 heterocycles. The van der Waals surface area contributed by atoms with Gasteiger partial charge in [0, 0.05) is 25.2 Å². The van der Waals surface area contributed by atoms with Gasteiger partial charge in [-0.1, -0.05) is 6.07 Å². The lowest BCUT2D eigenvalue weighted by Gasteiger charge is -2.34. The third-order valence-corrected chi connectivity index (χ3v) is 6.73. The normalized spacial score (nSPS) is 26.9. The molecule has 148 valence electrons. The fourth-order valence-electron chi connectivity index (χ4n) is 3.70. The van der Waals surface area contributed by atoms with Gasteiger partial charge in [-0.05, 0) is 44.9 Å². The van der Waals surface area contributed by atoms with Crippen LogP contribution in [0.2, 0.25) is 0 Å². The second-order valence-electron chi connectivity index (χ2n) is 7.10. The van der Waals surface area contributed by atoms with Crippen LogP contribution in [0.1, 0.15) is 37.0 Å². The molecule has 9 heteroatoms. The van der Waals surface area contributed by atoms with E-state index in [2.05, 4.69) is 0 Å². The number of benzene rings is 1.